The van der Waals surface area contributed by atoms with Crippen LogP contribution in [0.2, 0.25) is 0 Å². The Bertz CT molecular complexity index is 358. The maximum Gasteiger partial charge on any atom is 0.0295 e. The molecule has 0 saturated carbocycles. The average Bonchev–Trinajstić information content (AvgIpc) is 2.48. The van der Waals surface area contributed by atoms with Crippen LogP contribution in [0, 0.1) is 5.92 Å². The van der Waals surface area contributed by atoms with E-state index in [2.05, 4.69) is 48.1 Å². The van der Waals surface area contributed by atoms with E-state index in [0.717, 1.165) is 5.92 Å². The molecule has 0 radical (unpaired) electrons. The summed E-state index contributed by atoms with van der Waals surface area (Å²) in [7, 11) is 0. The smallest absolute Gasteiger partial charge is 0.0295 e. The number of pyridine rings is 1. The van der Waals surface area contributed by atoms with Gasteiger partial charge in [-0.25, -0.2) is 0 Å². The van der Waals surface area contributed by atoms with E-state index >= 15 is 0 Å². The standard InChI is InChI=1S/C16H27N3/c1-4-19-11-7-16(8-12-19)14(3)18-13(2)15-5-9-17-10-6-15/h5-6,9-10,13-14,16,18H,4,7-8,11-12H2,1-3H3. The molecule has 3 nitrogen and oxygen atoms in total. The van der Waals surface area contributed by atoms with Crippen LogP contribution in [0.25, 0.3) is 0 Å². The lowest BCUT2D eigenvalue weighted by molar-refractivity contribution is 0.165. The Balaban J connectivity index is 1.83. The fraction of sp³-hybridized carbons (Fsp3) is 0.688. The van der Waals surface area contributed by atoms with Gasteiger partial charge in [0.15, 0.2) is 0 Å². The van der Waals surface area contributed by atoms with E-state index in [9.17, 15) is 0 Å². The van der Waals surface area contributed by atoms with E-state index in [-0.39, 0.29) is 0 Å². The highest BCUT2D eigenvalue weighted by Gasteiger charge is 2.24. The second-order valence-electron chi connectivity index (χ2n) is 5.73. The number of nitrogens with zero attached hydrogens (tertiary/aromatic N) is 2. The predicted octanol–water partition coefficient (Wildman–Crippen LogP) is 2.85. The van der Waals surface area contributed by atoms with Gasteiger partial charge >= 0.3 is 0 Å². The summed E-state index contributed by atoms with van der Waals surface area (Å²) in [6.07, 6.45) is 6.39. The van der Waals surface area contributed by atoms with Gasteiger partial charge in [-0.1, -0.05) is 6.92 Å². The van der Waals surface area contributed by atoms with E-state index < -0.39 is 0 Å². The Labute approximate surface area is 117 Å². The number of aromatic nitrogens is 1. The van der Waals surface area contributed by atoms with E-state index in [1.165, 1.54) is 38.0 Å². The number of nitrogens with one attached hydrogen (secondary N) is 1. The molecular formula is C16H27N3. The van der Waals surface area contributed by atoms with Crippen LogP contribution in [0.5, 0.6) is 0 Å². The van der Waals surface area contributed by atoms with Crippen LogP contribution in [0.1, 0.15) is 45.2 Å². The molecule has 1 aromatic heterocycles. The minimum absolute atomic E-state index is 0.405. The van der Waals surface area contributed by atoms with Crippen molar-refractivity contribution in [2.45, 2.75) is 45.7 Å². The van der Waals surface area contributed by atoms with Gasteiger partial charge in [0.05, 0.1) is 0 Å². The highest BCUT2D eigenvalue weighted by atomic mass is 15.1. The highest BCUT2D eigenvalue weighted by Crippen LogP contribution is 2.22. The van der Waals surface area contributed by atoms with Gasteiger partial charge in [0, 0.05) is 24.5 Å². The summed E-state index contributed by atoms with van der Waals surface area (Å²) in [6, 6.07) is 5.19. The first-order valence-electron chi connectivity index (χ1n) is 7.59. The molecule has 0 aromatic carbocycles. The summed E-state index contributed by atoms with van der Waals surface area (Å²) in [5, 5.41) is 3.75. The third-order valence-corrected chi connectivity index (χ3v) is 4.51. The van der Waals surface area contributed by atoms with Crippen LogP contribution >= 0.6 is 0 Å². The topological polar surface area (TPSA) is 28.2 Å². The van der Waals surface area contributed by atoms with Gasteiger partial charge < -0.3 is 10.2 Å². The molecule has 2 unspecified atom stereocenters. The molecule has 19 heavy (non-hydrogen) atoms. The Morgan fingerprint density at radius 1 is 1.26 bits per heavy atom. The SMILES string of the molecule is CCN1CCC(C(C)NC(C)c2ccncc2)CC1. The quantitative estimate of drug-likeness (QED) is 0.883. The van der Waals surface area contributed by atoms with E-state index in [1.807, 2.05) is 12.4 Å². The monoisotopic (exact) mass is 261 g/mol. The first-order valence-corrected chi connectivity index (χ1v) is 7.59. The van der Waals surface area contributed by atoms with Gasteiger partial charge in [0.2, 0.25) is 0 Å². The van der Waals surface area contributed by atoms with Crippen molar-refractivity contribution in [1.29, 1.82) is 0 Å². The largest absolute Gasteiger partial charge is 0.307 e. The molecule has 0 aliphatic carbocycles. The molecule has 2 heterocycles. The summed E-state index contributed by atoms with van der Waals surface area (Å²) in [5.41, 5.74) is 1.33. The molecule has 106 valence electrons. The fourth-order valence-electron chi connectivity index (χ4n) is 3.05. The second-order valence-corrected chi connectivity index (χ2v) is 5.73. The van der Waals surface area contributed by atoms with Crippen LogP contribution in [0.15, 0.2) is 24.5 Å². The molecule has 0 spiro atoms. The average molecular weight is 261 g/mol. The van der Waals surface area contributed by atoms with Gasteiger partial charge in [-0.2, -0.15) is 0 Å². The fourth-order valence-corrected chi connectivity index (χ4v) is 3.05. The maximum atomic E-state index is 4.08. The third kappa shape index (κ3) is 4.02. The van der Waals surface area contributed by atoms with Crippen LogP contribution in [-0.4, -0.2) is 35.6 Å². The number of likely N-dealkylation sites (tertiary alicyclic amines) is 1. The second kappa shape index (κ2) is 7.01. The van der Waals surface area contributed by atoms with Crippen molar-refractivity contribution in [1.82, 2.24) is 15.2 Å². The highest BCUT2D eigenvalue weighted by molar-refractivity contribution is 5.14. The van der Waals surface area contributed by atoms with Crippen molar-refractivity contribution in [2.24, 2.45) is 5.92 Å². The van der Waals surface area contributed by atoms with Gasteiger partial charge in [-0.05, 0) is 69.9 Å². The van der Waals surface area contributed by atoms with Crippen LogP contribution in [-0.2, 0) is 0 Å². The van der Waals surface area contributed by atoms with Gasteiger partial charge in [-0.3, -0.25) is 4.98 Å². The minimum atomic E-state index is 0.405. The Kier molecular flexibility index (Phi) is 5.34. The van der Waals surface area contributed by atoms with E-state index in [1.54, 1.807) is 0 Å². The molecule has 3 heteroatoms. The van der Waals surface area contributed by atoms with Crippen molar-refractivity contribution in [3.05, 3.63) is 30.1 Å². The first kappa shape index (κ1) is 14.5. The molecule has 1 N–H and O–H groups in total. The summed E-state index contributed by atoms with van der Waals surface area (Å²) in [4.78, 5) is 6.63. The summed E-state index contributed by atoms with van der Waals surface area (Å²) in [5.74, 6) is 0.812. The zero-order valence-electron chi connectivity index (χ0n) is 12.5. The van der Waals surface area contributed by atoms with Crippen molar-refractivity contribution >= 4 is 0 Å². The van der Waals surface area contributed by atoms with Gasteiger partial charge in [0.1, 0.15) is 0 Å². The molecule has 0 bridgehead atoms. The lowest BCUT2D eigenvalue weighted by Crippen LogP contribution is -2.42. The lowest BCUT2D eigenvalue weighted by atomic mass is 9.89. The Morgan fingerprint density at radius 2 is 1.89 bits per heavy atom. The van der Waals surface area contributed by atoms with E-state index in [4.69, 9.17) is 0 Å². The van der Waals surface area contributed by atoms with Crippen molar-refractivity contribution in [2.75, 3.05) is 19.6 Å². The number of hydrogen-bond donors (Lipinski definition) is 1. The third-order valence-electron chi connectivity index (χ3n) is 4.51. The van der Waals surface area contributed by atoms with Crippen LogP contribution < -0.4 is 5.32 Å². The number of piperidine rings is 1. The van der Waals surface area contributed by atoms with Crippen molar-refractivity contribution < 1.29 is 0 Å². The summed E-state index contributed by atoms with van der Waals surface area (Å²) >= 11 is 0. The van der Waals surface area contributed by atoms with Crippen LogP contribution in [0.4, 0.5) is 0 Å². The zero-order valence-corrected chi connectivity index (χ0v) is 12.5. The van der Waals surface area contributed by atoms with Crippen LogP contribution in [0.3, 0.4) is 0 Å². The Morgan fingerprint density at radius 3 is 2.47 bits per heavy atom. The molecule has 1 aliphatic rings. The summed E-state index contributed by atoms with van der Waals surface area (Å²) in [6.45, 7) is 10.6. The Hall–Kier alpha value is -0.930. The molecule has 1 saturated heterocycles. The molecule has 1 aromatic rings. The molecule has 2 rings (SSSR count). The van der Waals surface area contributed by atoms with Gasteiger partial charge in [0.25, 0.3) is 0 Å². The minimum Gasteiger partial charge on any atom is -0.307 e. The molecule has 0 amide bonds. The summed E-state index contributed by atoms with van der Waals surface area (Å²) < 4.78 is 0. The number of hydrogen-bond acceptors (Lipinski definition) is 3. The van der Waals surface area contributed by atoms with Crippen molar-refractivity contribution in [3.8, 4) is 0 Å². The maximum absolute atomic E-state index is 4.08. The molecule has 1 fully saturated rings. The lowest BCUT2D eigenvalue weighted by Gasteiger charge is -2.35. The molecule has 1 aliphatic heterocycles. The zero-order chi connectivity index (χ0) is 13.7. The molecule has 2 atom stereocenters. The van der Waals surface area contributed by atoms with E-state index in [0.29, 0.717) is 12.1 Å². The predicted molar refractivity (Wildman–Crippen MR) is 80.1 cm³/mol. The van der Waals surface area contributed by atoms with Gasteiger partial charge in [-0.15, -0.1) is 0 Å². The number of rotatable bonds is 5. The molecular weight excluding hydrogens is 234 g/mol. The normalized spacial score (nSPS) is 21.2. The van der Waals surface area contributed by atoms with Crippen molar-refractivity contribution in [3.63, 3.8) is 0 Å². The first-order chi connectivity index (χ1) is 9.20.